The van der Waals surface area contributed by atoms with Gasteiger partial charge in [-0.3, -0.25) is 0 Å². The molecule has 0 saturated carbocycles. The molecule has 16 heavy (non-hydrogen) atoms. The lowest BCUT2D eigenvalue weighted by Gasteiger charge is -2.16. The van der Waals surface area contributed by atoms with Crippen molar-refractivity contribution in [1.82, 2.24) is 0 Å². The summed E-state index contributed by atoms with van der Waals surface area (Å²) >= 11 is 0. The number of anilines is 1. The molecule has 1 aromatic carbocycles. The van der Waals surface area contributed by atoms with Crippen molar-refractivity contribution >= 4 is 11.7 Å². The van der Waals surface area contributed by atoms with Crippen LogP contribution in [0, 0.1) is 0 Å². The van der Waals surface area contributed by atoms with E-state index >= 15 is 0 Å². The van der Waals surface area contributed by atoms with Gasteiger partial charge >= 0.3 is 5.97 Å². The van der Waals surface area contributed by atoms with Crippen LogP contribution in [-0.2, 0) is 4.74 Å². The van der Waals surface area contributed by atoms with Gasteiger partial charge in [0.05, 0.1) is 19.8 Å². The fourth-order valence-electron chi connectivity index (χ4n) is 1.69. The Morgan fingerprint density at radius 1 is 1.31 bits per heavy atom. The van der Waals surface area contributed by atoms with Gasteiger partial charge in [-0.2, -0.15) is 0 Å². The van der Waals surface area contributed by atoms with Crippen molar-refractivity contribution in [2.75, 3.05) is 20.0 Å². The molecule has 0 unspecified atom stereocenters. The topological polar surface area (TPSA) is 61.5 Å². The van der Waals surface area contributed by atoms with Crippen LogP contribution < -0.4 is 10.5 Å². The van der Waals surface area contributed by atoms with Gasteiger partial charge in [-0.1, -0.05) is 13.8 Å². The molecule has 0 aliphatic rings. The van der Waals surface area contributed by atoms with Crippen LogP contribution in [0.1, 0.15) is 35.7 Å². The molecule has 0 radical (unpaired) electrons. The standard InChI is InChI=1S/C12H17NO3/c1-7(2)11-9(12(14)16-4)5-8(13)6-10(11)15-3/h5-7H,13H2,1-4H3. The average molecular weight is 223 g/mol. The average Bonchev–Trinajstić information content (AvgIpc) is 2.26. The van der Waals surface area contributed by atoms with Gasteiger partial charge in [0.2, 0.25) is 0 Å². The van der Waals surface area contributed by atoms with Crippen LogP contribution in [0.15, 0.2) is 12.1 Å². The van der Waals surface area contributed by atoms with Crippen LogP contribution in [0.2, 0.25) is 0 Å². The number of hydrogen-bond donors (Lipinski definition) is 1. The Hall–Kier alpha value is -1.71. The first-order valence-corrected chi connectivity index (χ1v) is 5.07. The monoisotopic (exact) mass is 223 g/mol. The first kappa shape index (κ1) is 12.4. The van der Waals surface area contributed by atoms with E-state index in [-0.39, 0.29) is 5.92 Å². The zero-order chi connectivity index (χ0) is 12.3. The second kappa shape index (κ2) is 4.88. The molecule has 0 heterocycles. The summed E-state index contributed by atoms with van der Waals surface area (Å²) in [6.45, 7) is 3.97. The third-order valence-corrected chi connectivity index (χ3v) is 2.37. The summed E-state index contributed by atoms with van der Waals surface area (Å²) in [6.07, 6.45) is 0. The van der Waals surface area contributed by atoms with E-state index in [9.17, 15) is 4.79 Å². The highest BCUT2D eigenvalue weighted by atomic mass is 16.5. The van der Waals surface area contributed by atoms with Crippen molar-refractivity contribution in [1.29, 1.82) is 0 Å². The molecular weight excluding hydrogens is 206 g/mol. The number of benzene rings is 1. The van der Waals surface area contributed by atoms with Gasteiger partial charge in [0, 0.05) is 17.3 Å². The first-order valence-electron chi connectivity index (χ1n) is 5.07. The van der Waals surface area contributed by atoms with Gasteiger partial charge in [-0.05, 0) is 12.0 Å². The fraction of sp³-hybridized carbons (Fsp3) is 0.417. The summed E-state index contributed by atoms with van der Waals surface area (Å²) in [5.41, 5.74) is 7.49. The second-order valence-corrected chi connectivity index (χ2v) is 3.83. The predicted molar refractivity (Wildman–Crippen MR) is 62.8 cm³/mol. The van der Waals surface area contributed by atoms with Crippen LogP contribution in [-0.4, -0.2) is 20.2 Å². The molecule has 1 rings (SSSR count). The largest absolute Gasteiger partial charge is 0.496 e. The molecule has 0 aliphatic heterocycles. The molecule has 0 fully saturated rings. The number of carbonyl (C=O) groups is 1. The maximum atomic E-state index is 11.6. The van der Waals surface area contributed by atoms with Gasteiger partial charge in [0.25, 0.3) is 0 Å². The molecule has 0 aliphatic carbocycles. The van der Waals surface area contributed by atoms with E-state index in [1.54, 1.807) is 19.2 Å². The van der Waals surface area contributed by atoms with Gasteiger partial charge in [0.1, 0.15) is 5.75 Å². The molecule has 0 atom stereocenters. The van der Waals surface area contributed by atoms with E-state index in [1.165, 1.54) is 7.11 Å². The smallest absolute Gasteiger partial charge is 0.338 e. The maximum absolute atomic E-state index is 11.6. The molecule has 0 spiro atoms. The van der Waals surface area contributed by atoms with E-state index in [1.807, 2.05) is 13.8 Å². The third-order valence-electron chi connectivity index (χ3n) is 2.37. The predicted octanol–water partition coefficient (Wildman–Crippen LogP) is 2.19. The number of hydrogen-bond acceptors (Lipinski definition) is 4. The normalized spacial score (nSPS) is 10.3. The van der Waals surface area contributed by atoms with E-state index in [0.717, 1.165) is 5.56 Å². The Bertz CT molecular complexity index is 399. The lowest BCUT2D eigenvalue weighted by atomic mass is 9.95. The molecule has 2 N–H and O–H groups in total. The van der Waals surface area contributed by atoms with Crippen molar-refractivity contribution in [2.45, 2.75) is 19.8 Å². The van der Waals surface area contributed by atoms with Crippen molar-refractivity contribution < 1.29 is 14.3 Å². The Morgan fingerprint density at radius 3 is 2.38 bits per heavy atom. The number of methoxy groups -OCH3 is 2. The van der Waals surface area contributed by atoms with Gasteiger partial charge < -0.3 is 15.2 Å². The van der Waals surface area contributed by atoms with E-state index in [4.69, 9.17) is 15.2 Å². The van der Waals surface area contributed by atoms with Crippen LogP contribution in [0.4, 0.5) is 5.69 Å². The minimum absolute atomic E-state index is 0.157. The molecule has 4 heteroatoms. The van der Waals surface area contributed by atoms with Crippen LogP contribution in [0.5, 0.6) is 5.75 Å². The van der Waals surface area contributed by atoms with E-state index < -0.39 is 5.97 Å². The Balaban J connectivity index is 3.44. The van der Waals surface area contributed by atoms with Crippen molar-refractivity contribution in [2.24, 2.45) is 0 Å². The molecule has 88 valence electrons. The molecule has 4 nitrogen and oxygen atoms in total. The zero-order valence-corrected chi connectivity index (χ0v) is 10.0. The summed E-state index contributed by atoms with van der Waals surface area (Å²) in [4.78, 5) is 11.6. The number of ether oxygens (including phenoxy) is 2. The van der Waals surface area contributed by atoms with Gasteiger partial charge in [-0.25, -0.2) is 4.79 Å². The zero-order valence-electron chi connectivity index (χ0n) is 10.0. The number of nitrogens with two attached hydrogens (primary N) is 1. The van der Waals surface area contributed by atoms with Gasteiger partial charge in [0.15, 0.2) is 0 Å². The summed E-state index contributed by atoms with van der Waals surface area (Å²) in [7, 11) is 2.91. The minimum atomic E-state index is -0.394. The Labute approximate surface area is 95.3 Å². The minimum Gasteiger partial charge on any atom is -0.496 e. The number of nitrogen functional groups attached to an aromatic ring is 1. The fourth-order valence-corrected chi connectivity index (χ4v) is 1.69. The molecule has 1 aromatic rings. The van der Waals surface area contributed by atoms with Crippen LogP contribution in [0.3, 0.4) is 0 Å². The van der Waals surface area contributed by atoms with Crippen LogP contribution in [0.25, 0.3) is 0 Å². The second-order valence-electron chi connectivity index (χ2n) is 3.83. The highest BCUT2D eigenvalue weighted by Gasteiger charge is 2.19. The van der Waals surface area contributed by atoms with Crippen molar-refractivity contribution in [3.8, 4) is 5.75 Å². The maximum Gasteiger partial charge on any atom is 0.338 e. The highest BCUT2D eigenvalue weighted by molar-refractivity contribution is 5.93. The van der Waals surface area contributed by atoms with Gasteiger partial charge in [-0.15, -0.1) is 0 Å². The first-order chi connectivity index (χ1) is 7.51. The Morgan fingerprint density at radius 2 is 1.94 bits per heavy atom. The lowest BCUT2D eigenvalue weighted by molar-refractivity contribution is 0.0598. The van der Waals surface area contributed by atoms with E-state index in [2.05, 4.69) is 0 Å². The van der Waals surface area contributed by atoms with E-state index in [0.29, 0.717) is 17.0 Å². The molecule has 0 bridgehead atoms. The molecule has 0 saturated heterocycles. The summed E-state index contributed by atoms with van der Waals surface area (Å²) in [6, 6.07) is 3.32. The third kappa shape index (κ3) is 2.27. The molecular formula is C12H17NO3. The lowest BCUT2D eigenvalue weighted by Crippen LogP contribution is -2.09. The number of rotatable bonds is 3. The number of carbonyl (C=O) groups excluding carboxylic acids is 1. The molecule has 0 amide bonds. The summed E-state index contributed by atoms with van der Waals surface area (Å²) < 4.78 is 9.97. The number of esters is 1. The summed E-state index contributed by atoms with van der Waals surface area (Å²) in [5, 5.41) is 0. The summed E-state index contributed by atoms with van der Waals surface area (Å²) in [5.74, 6) is 0.384. The highest BCUT2D eigenvalue weighted by Crippen LogP contribution is 2.32. The molecule has 0 aromatic heterocycles. The Kier molecular flexibility index (Phi) is 3.77. The van der Waals surface area contributed by atoms with Crippen molar-refractivity contribution in [3.05, 3.63) is 23.3 Å². The SMILES string of the molecule is COC(=O)c1cc(N)cc(OC)c1C(C)C. The van der Waals surface area contributed by atoms with Crippen LogP contribution >= 0.6 is 0 Å². The van der Waals surface area contributed by atoms with Crippen molar-refractivity contribution in [3.63, 3.8) is 0 Å². The quantitative estimate of drug-likeness (QED) is 0.630.